The van der Waals surface area contributed by atoms with E-state index >= 15 is 0 Å². The molecule has 0 spiro atoms. The first-order chi connectivity index (χ1) is 13.3. The van der Waals surface area contributed by atoms with Gasteiger partial charge in [0.15, 0.2) is 0 Å². The van der Waals surface area contributed by atoms with Crippen LogP contribution in [0, 0.1) is 11.3 Å². The van der Waals surface area contributed by atoms with Crippen LogP contribution in [0.3, 0.4) is 0 Å². The highest BCUT2D eigenvalue weighted by Gasteiger charge is 2.27. The molecule has 10 heteroatoms. The Kier molecular flexibility index (Phi) is 7.54. The lowest BCUT2D eigenvalue weighted by Gasteiger charge is -2.33. The highest BCUT2D eigenvalue weighted by atomic mass is 32.2. The first kappa shape index (κ1) is 21.4. The SMILES string of the molecule is N#C/C(=C/N1CCN(S(=O)(=O)c2ccccc2)CC1)C(=O)NCCCC(=O)O. The molecule has 9 nitrogen and oxygen atoms in total. The normalized spacial score (nSPS) is 15.7. The van der Waals surface area contributed by atoms with Gasteiger partial charge >= 0.3 is 5.97 Å². The Morgan fingerprint density at radius 2 is 1.82 bits per heavy atom. The molecule has 28 heavy (non-hydrogen) atoms. The number of carboxylic acid groups (broad SMARTS) is 1. The van der Waals surface area contributed by atoms with Crippen molar-refractivity contribution in [1.82, 2.24) is 14.5 Å². The summed E-state index contributed by atoms with van der Waals surface area (Å²) in [5.74, 6) is -1.53. The third-order valence-electron chi connectivity index (χ3n) is 4.18. The van der Waals surface area contributed by atoms with Crippen LogP contribution in [0.15, 0.2) is 47.0 Å². The van der Waals surface area contributed by atoms with Crippen LogP contribution in [0.1, 0.15) is 12.8 Å². The van der Waals surface area contributed by atoms with Crippen LogP contribution in [0.25, 0.3) is 0 Å². The fourth-order valence-corrected chi connectivity index (χ4v) is 4.12. The molecule has 1 heterocycles. The minimum absolute atomic E-state index is 0.0657. The molecule has 0 atom stereocenters. The molecule has 0 saturated carbocycles. The lowest BCUT2D eigenvalue weighted by atomic mass is 10.2. The summed E-state index contributed by atoms with van der Waals surface area (Å²) in [4.78, 5) is 24.4. The summed E-state index contributed by atoms with van der Waals surface area (Å²) in [5.41, 5.74) is -0.102. The van der Waals surface area contributed by atoms with Crippen molar-refractivity contribution in [2.75, 3.05) is 32.7 Å². The minimum atomic E-state index is -3.56. The van der Waals surface area contributed by atoms with E-state index in [1.165, 1.54) is 10.5 Å². The highest BCUT2D eigenvalue weighted by molar-refractivity contribution is 7.89. The summed E-state index contributed by atoms with van der Waals surface area (Å²) in [5, 5.41) is 20.3. The molecule has 0 bridgehead atoms. The molecular weight excluding hydrogens is 384 g/mol. The molecule has 1 aromatic rings. The maximum Gasteiger partial charge on any atom is 0.303 e. The Bertz CT molecular complexity index is 869. The Labute approximate surface area is 163 Å². The second-order valence-electron chi connectivity index (χ2n) is 6.16. The maximum absolute atomic E-state index is 12.6. The first-order valence-corrected chi connectivity index (χ1v) is 10.2. The lowest BCUT2D eigenvalue weighted by Crippen LogP contribution is -2.47. The number of amides is 1. The van der Waals surface area contributed by atoms with Gasteiger partial charge in [-0.25, -0.2) is 8.42 Å². The number of hydrogen-bond donors (Lipinski definition) is 2. The number of aliphatic carboxylic acids is 1. The van der Waals surface area contributed by atoms with E-state index in [1.807, 2.05) is 6.07 Å². The molecular formula is C18H22N4O5S. The number of carboxylic acids is 1. The number of nitriles is 1. The predicted molar refractivity (Wildman–Crippen MR) is 100 cm³/mol. The van der Waals surface area contributed by atoms with Crippen molar-refractivity contribution in [3.05, 3.63) is 42.1 Å². The Balaban J connectivity index is 1.91. The van der Waals surface area contributed by atoms with Crippen LogP contribution in [-0.2, 0) is 19.6 Å². The van der Waals surface area contributed by atoms with Gasteiger partial charge in [-0.1, -0.05) is 18.2 Å². The Hall–Kier alpha value is -2.90. The second kappa shape index (κ2) is 9.87. The number of carbonyl (C=O) groups excluding carboxylic acids is 1. The number of sulfonamides is 1. The van der Waals surface area contributed by atoms with Crippen LogP contribution in [0.5, 0.6) is 0 Å². The molecule has 1 aliphatic heterocycles. The van der Waals surface area contributed by atoms with E-state index in [-0.39, 0.29) is 42.9 Å². The van der Waals surface area contributed by atoms with Crippen molar-refractivity contribution in [1.29, 1.82) is 5.26 Å². The summed E-state index contributed by atoms with van der Waals surface area (Å²) >= 11 is 0. The summed E-state index contributed by atoms with van der Waals surface area (Å²) < 4.78 is 26.6. The lowest BCUT2D eigenvalue weighted by molar-refractivity contribution is -0.137. The summed E-state index contributed by atoms with van der Waals surface area (Å²) in [6, 6.07) is 10.00. The van der Waals surface area contributed by atoms with Gasteiger partial charge < -0.3 is 15.3 Å². The third kappa shape index (κ3) is 5.80. The van der Waals surface area contributed by atoms with Crippen molar-refractivity contribution < 1.29 is 23.1 Å². The Morgan fingerprint density at radius 3 is 2.39 bits per heavy atom. The van der Waals surface area contributed by atoms with Crippen LogP contribution in [0.2, 0.25) is 0 Å². The van der Waals surface area contributed by atoms with E-state index in [0.29, 0.717) is 13.1 Å². The number of nitrogens with zero attached hydrogens (tertiary/aromatic N) is 3. The van der Waals surface area contributed by atoms with Gasteiger partial charge in [0.2, 0.25) is 10.0 Å². The molecule has 1 saturated heterocycles. The van der Waals surface area contributed by atoms with E-state index in [9.17, 15) is 23.3 Å². The number of hydrogen-bond acceptors (Lipinski definition) is 6. The molecule has 0 unspecified atom stereocenters. The van der Waals surface area contributed by atoms with Gasteiger partial charge in [0.05, 0.1) is 4.90 Å². The number of rotatable bonds is 8. The summed E-state index contributed by atoms with van der Waals surface area (Å²) in [6.07, 6.45) is 1.62. The van der Waals surface area contributed by atoms with Gasteiger partial charge in [-0.2, -0.15) is 9.57 Å². The van der Waals surface area contributed by atoms with E-state index in [0.717, 1.165) is 0 Å². The van der Waals surface area contributed by atoms with E-state index in [4.69, 9.17) is 5.11 Å². The fraction of sp³-hybridized carbons (Fsp3) is 0.389. The zero-order valence-corrected chi connectivity index (χ0v) is 16.1. The smallest absolute Gasteiger partial charge is 0.303 e. The molecule has 2 rings (SSSR count). The first-order valence-electron chi connectivity index (χ1n) is 8.76. The molecule has 0 aliphatic carbocycles. The summed E-state index contributed by atoms with van der Waals surface area (Å²) in [7, 11) is -3.56. The zero-order valence-electron chi connectivity index (χ0n) is 15.2. The average Bonchev–Trinajstić information content (AvgIpc) is 2.70. The third-order valence-corrected chi connectivity index (χ3v) is 6.10. The molecule has 150 valence electrons. The molecule has 1 fully saturated rings. The van der Waals surface area contributed by atoms with Crippen molar-refractivity contribution >= 4 is 21.9 Å². The largest absolute Gasteiger partial charge is 0.481 e. The standard InChI is InChI=1S/C18H22N4O5S/c19-13-15(18(25)20-8-4-7-17(23)24)14-21-9-11-22(12-10-21)28(26,27)16-5-2-1-3-6-16/h1-3,5-6,14H,4,7-12H2,(H,20,25)(H,23,24)/b15-14-. The molecule has 2 N–H and O–H groups in total. The number of nitrogens with one attached hydrogen (secondary N) is 1. The van der Waals surface area contributed by atoms with Gasteiger partial charge in [0.1, 0.15) is 11.6 Å². The molecule has 1 aromatic carbocycles. The maximum atomic E-state index is 12.6. The topological polar surface area (TPSA) is 131 Å². The molecule has 0 radical (unpaired) electrons. The minimum Gasteiger partial charge on any atom is -0.481 e. The van der Waals surface area contributed by atoms with Crippen molar-refractivity contribution in [3.8, 4) is 6.07 Å². The van der Waals surface area contributed by atoms with Gasteiger partial charge in [0.25, 0.3) is 5.91 Å². The molecule has 1 aliphatic rings. The van der Waals surface area contributed by atoms with Crippen LogP contribution in [0.4, 0.5) is 0 Å². The number of carbonyl (C=O) groups is 2. The van der Waals surface area contributed by atoms with Gasteiger partial charge in [-0.3, -0.25) is 9.59 Å². The predicted octanol–water partition coefficient (Wildman–Crippen LogP) is 0.381. The van der Waals surface area contributed by atoms with Crippen LogP contribution >= 0.6 is 0 Å². The van der Waals surface area contributed by atoms with Gasteiger partial charge in [0, 0.05) is 45.3 Å². The van der Waals surface area contributed by atoms with Crippen molar-refractivity contribution in [2.24, 2.45) is 0 Å². The van der Waals surface area contributed by atoms with E-state index in [2.05, 4.69) is 5.32 Å². The molecule has 0 aromatic heterocycles. The van der Waals surface area contributed by atoms with Crippen LogP contribution < -0.4 is 5.32 Å². The highest BCUT2D eigenvalue weighted by Crippen LogP contribution is 2.17. The van der Waals surface area contributed by atoms with Gasteiger partial charge in [-0.15, -0.1) is 0 Å². The van der Waals surface area contributed by atoms with E-state index in [1.54, 1.807) is 35.2 Å². The number of piperazine rings is 1. The molecule has 1 amide bonds. The fourth-order valence-electron chi connectivity index (χ4n) is 2.67. The number of benzene rings is 1. The Morgan fingerprint density at radius 1 is 1.18 bits per heavy atom. The summed E-state index contributed by atoms with van der Waals surface area (Å²) in [6.45, 7) is 1.35. The zero-order chi connectivity index (χ0) is 20.6. The van der Waals surface area contributed by atoms with E-state index < -0.39 is 21.9 Å². The van der Waals surface area contributed by atoms with Crippen LogP contribution in [-0.4, -0.2) is 67.3 Å². The van der Waals surface area contributed by atoms with Crippen molar-refractivity contribution in [3.63, 3.8) is 0 Å². The van der Waals surface area contributed by atoms with Gasteiger partial charge in [-0.05, 0) is 18.6 Å². The second-order valence-corrected chi connectivity index (χ2v) is 8.10. The monoisotopic (exact) mass is 406 g/mol. The quantitative estimate of drug-likeness (QED) is 0.362. The average molecular weight is 406 g/mol. The van der Waals surface area contributed by atoms with Crippen molar-refractivity contribution in [2.45, 2.75) is 17.7 Å².